The lowest BCUT2D eigenvalue weighted by Gasteiger charge is -2.14. The van der Waals surface area contributed by atoms with Gasteiger partial charge in [-0.25, -0.2) is 4.39 Å². The lowest BCUT2D eigenvalue weighted by atomic mass is 9.98. The molecule has 0 saturated heterocycles. The molecule has 1 atom stereocenters. The van der Waals surface area contributed by atoms with Gasteiger partial charge in [-0.2, -0.15) is 9.67 Å². The molecule has 0 aliphatic carbocycles. The van der Waals surface area contributed by atoms with Gasteiger partial charge in [-0.15, -0.1) is 5.10 Å². The highest BCUT2D eigenvalue weighted by molar-refractivity contribution is 5.84. The zero-order chi connectivity index (χ0) is 18.4. The Morgan fingerprint density at radius 3 is 2.68 bits per heavy atom. The number of ether oxygens (including phenoxy) is 1. The monoisotopic (exact) mass is 347 g/mol. The Morgan fingerprint density at radius 1 is 1.32 bits per heavy atom. The minimum absolute atomic E-state index is 0.117. The number of benzene rings is 1. The van der Waals surface area contributed by atoms with Crippen LogP contribution in [-0.4, -0.2) is 26.8 Å². The van der Waals surface area contributed by atoms with Gasteiger partial charge in [-0.3, -0.25) is 4.79 Å². The molecule has 1 aromatic heterocycles. The average Bonchev–Trinajstić information content (AvgIpc) is 2.98. The average molecular weight is 347 g/mol. The van der Waals surface area contributed by atoms with E-state index in [0.29, 0.717) is 11.4 Å². The van der Waals surface area contributed by atoms with Crippen molar-refractivity contribution in [2.75, 3.05) is 0 Å². The van der Waals surface area contributed by atoms with Crippen molar-refractivity contribution in [2.45, 2.75) is 59.5 Å². The third-order valence-electron chi connectivity index (χ3n) is 3.97. The predicted octanol–water partition coefficient (Wildman–Crippen LogP) is 4.73. The van der Waals surface area contributed by atoms with Crippen LogP contribution in [0.15, 0.2) is 24.3 Å². The van der Waals surface area contributed by atoms with E-state index in [1.165, 1.54) is 16.8 Å². The van der Waals surface area contributed by atoms with E-state index in [2.05, 4.69) is 17.0 Å². The Bertz CT molecular complexity index is 712. The van der Waals surface area contributed by atoms with E-state index < -0.39 is 0 Å². The predicted molar refractivity (Wildman–Crippen MR) is 95.1 cm³/mol. The van der Waals surface area contributed by atoms with E-state index in [0.717, 1.165) is 25.7 Å². The van der Waals surface area contributed by atoms with Gasteiger partial charge in [0.05, 0.1) is 6.10 Å². The second kappa shape index (κ2) is 8.74. The van der Waals surface area contributed by atoms with Crippen molar-refractivity contribution >= 4 is 5.91 Å². The van der Waals surface area contributed by atoms with E-state index in [1.807, 2.05) is 20.8 Å². The third-order valence-corrected chi connectivity index (χ3v) is 3.97. The fourth-order valence-electron chi connectivity index (χ4n) is 2.65. The van der Waals surface area contributed by atoms with Crippen molar-refractivity contribution in [3.63, 3.8) is 0 Å². The minimum atomic E-state index is -0.385. The van der Waals surface area contributed by atoms with Crippen molar-refractivity contribution in [1.82, 2.24) is 14.8 Å². The Kier molecular flexibility index (Phi) is 6.67. The highest BCUT2D eigenvalue weighted by Crippen LogP contribution is 2.24. The first-order valence-electron chi connectivity index (χ1n) is 8.90. The van der Waals surface area contributed by atoms with Crippen LogP contribution >= 0.6 is 0 Å². The molecule has 0 saturated carbocycles. The van der Waals surface area contributed by atoms with E-state index in [1.54, 1.807) is 12.1 Å². The number of nitrogens with zero attached hydrogens (tertiary/aromatic N) is 3. The quantitative estimate of drug-likeness (QED) is 0.693. The van der Waals surface area contributed by atoms with E-state index in [-0.39, 0.29) is 29.8 Å². The first-order valence-corrected chi connectivity index (χ1v) is 8.90. The Labute approximate surface area is 148 Å². The van der Waals surface area contributed by atoms with E-state index in [9.17, 15) is 9.18 Å². The molecular weight excluding hydrogens is 321 g/mol. The SMILES string of the molecule is CCCCC(CC)C(=O)n1nc(OC(C)C)nc1-c1cccc(F)c1. The van der Waals surface area contributed by atoms with Gasteiger partial charge in [-0.05, 0) is 38.8 Å². The summed E-state index contributed by atoms with van der Waals surface area (Å²) >= 11 is 0. The molecule has 0 aliphatic rings. The fourth-order valence-corrected chi connectivity index (χ4v) is 2.65. The number of halogens is 1. The molecule has 0 amide bonds. The molecule has 0 bridgehead atoms. The van der Waals surface area contributed by atoms with Gasteiger partial charge in [-0.1, -0.05) is 38.8 Å². The van der Waals surface area contributed by atoms with Crippen LogP contribution in [-0.2, 0) is 0 Å². The van der Waals surface area contributed by atoms with Crippen LogP contribution in [0.1, 0.15) is 58.2 Å². The molecule has 1 aromatic carbocycles. The summed E-state index contributed by atoms with van der Waals surface area (Å²) in [7, 11) is 0. The summed E-state index contributed by atoms with van der Waals surface area (Å²) in [6, 6.07) is 6.13. The van der Waals surface area contributed by atoms with Crippen LogP contribution in [0.3, 0.4) is 0 Å². The summed E-state index contributed by atoms with van der Waals surface area (Å²) in [5.74, 6) is -0.332. The van der Waals surface area contributed by atoms with Crippen LogP contribution < -0.4 is 4.74 Å². The van der Waals surface area contributed by atoms with Gasteiger partial charge in [0.2, 0.25) is 0 Å². The molecule has 0 N–H and O–H groups in total. The maximum absolute atomic E-state index is 13.6. The topological polar surface area (TPSA) is 57.0 Å². The van der Waals surface area contributed by atoms with Crippen molar-refractivity contribution in [1.29, 1.82) is 0 Å². The van der Waals surface area contributed by atoms with Crippen LogP contribution in [0, 0.1) is 11.7 Å². The van der Waals surface area contributed by atoms with Crippen LogP contribution in [0.2, 0.25) is 0 Å². The summed E-state index contributed by atoms with van der Waals surface area (Å²) in [6.45, 7) is 7.81. The first kappa shape index (κ1) is 19.1. The molecule has 6 heteroatoms. The highest BCUT2D eigenvalue weighted by Gasteiger charge is 2.25. The van der Waals surface area contributed by atoms with Gasteiger partial charge < -0.3 is 4.74 Å². The molecule has 0 aliphatic heterocycles. The van der Waals surface area contributed by atoms with Gasteiger partial charge in [0.25, 0.3) is 5.91 Å². The third kappa shape index (κ3) is 4.87. The summed E-state index contributed by atoms with van der Waals surface area (Å²) in [6.07, 6.45) is 3.41. The fraction of sp³-hybridized carbons (Fsp3) is 0.526. The molecule has 0 radical (unpaired) electrons. The number of unbranched alkanes of at least 4 members (excludes halogenated alkanes) is 1. The van der Waals surface area contributed by atoms with E-state index in [4.69, 9.17) is 4.74 Å². The zero-order valence-electron chi connectivity index (χ0n) is 15.3. The highest BCUT2D eigenvalue weighted by atomic mass is 19.1. The van der Waals surface area contributed by atoms with Crippen LogP contribution in [0.5, 0.6) is 6.01 Å². The minimum Gasteiger partial charge on any atom is -0.460 e. The van der Waals surface area contributed by atoms with Crippen molar-refractivity contribution in [3.05, 3.63) is 30.1 Å². The first-order chi connectivity index (χ1) is 12.0. The summed E-state index contributed by atoms with van der Waals surface area (Å²) < 4.78 is 20.4. The number of rotatable bonds is 8. The molecule has 136 valence electrons. The Hall–Kier alpha value is -2.24. The smallest absolute Gasteiger partial charge is 0.336 e. The Balaban J connectivity index is 2.43. The molecule has 25 heavy (non-hydrogen) atoms. The van der Waals surface area contributed by atoms with Crippen LogP contribution in [0.4, 0.5) is 4.39 Å². The molecule has 2 rings (SSSR count). The number of aromatic nitrogens is 3. The van der Waals surface area contributed by atoms with Crippen molar-refractivity contribution < 1.29 is 13.9 Å². The van der Waals surface area contributed by atoms with Crippen molar-refractivity contribution in [2.24, 2.45) is 5.92 Å². The summed E-state index contributed by atoms with van der Waals surface area (Å²) in [5.41, 5.74) is 0.504. The molecule has 0 spiro atoms. The van der Waals surface area contributed by atoms with Gasteiger partial charge in [0.1, 0.15) is 5.82 Å². The molecule has 1 unspecified atom stereocenters. The lowest BCUT2D eigenvalue weighted by Crippen LogP contribution is -2.23. The van der Waals surface area contributed by atoms with Gasteiger partial charge >= 0.3 is 6.01 Å². The lowest BCUT2D eigenvalue weighted by molar-refractivity contribution is 0.0803. The number of hydrogen-bond donors (Lipinski definition) is 0. The number of hydrogen-bond acceptors (Lipinski definition) is 4. The second-order valence-electron chi connectivity index (χ2n) is 6.39. The summed E-state index contributed by atoms with van der Waals surface area (Å²) in [5, 5.41) is 4.24. The molecular formula is C19H26FN3O2. The second-order valence-corrected chi connectivity index (χ2v) is 6.39. The summed E-state index contributed by atoms with van der Waals surface area (Å²) in [4.78, 5) is 17.3. The molecule has 1 heterocycles. The molecule has 0 fully saturated rings. The largest absolute Gasteiger partial charge is 0.460 e. The Morgan fingerprint density at radius 2 is 2.08 bits per heavy atom. The zero-order valence-corrected chi connectivity index (χ0v) is 15.3. The molecule has 5 nitrogen and oxygen atoms in total. The van der Waals surface area contributed by atoms with Gasteiger partial charge in [0.15, 0.2) is 5.82 Å². The molecule has 2 aromatic rings. The number of carbonyl (C=O) groups is 1. The maximum atomic E-state index is 13.6. The normalized spacial score (nSPS) is 12.4. The van der Waals surface area contributed by atoms with E-state index >= 15 is 0 Å². The van der Waals surface area contributed by atoms with Gasteiger partial charge in [0, 0.05) is 11.5 Å². The standard InChI is InChI=1S/C19H26FN3O2/c1-5-7-9-14(6-2)18(24)23-17(15-10-8-11-16(20)12-15)21-19(22-23)25-13(3)4/h8,10-14H,5-7,9H2,1-4H3. The van der Waals surface area contributed by atoms with Crippen molar-refractivity contribution in [3.8, 4) is 17.4 Å². The number of carbonyl (C=O) groups excluding carboxylic acids is 1. The van der Waals surface area contributed by atoms with Crippen LogP contribution in [0.25, 0.3) is 11.4 Å². The maximum Gasteiger partial charge on any atom is 0.336 e.